The van der Waals surface area contributed by atoms with Crippen molar-refractivity contribution in [3.8, 4) is 0 Å². The second kappa shape index (κ2) is 11.2. The zero-order chi connectivity index (χ0) is 12.2. The van der Waals surface area contributed by atoms with Gasteiger partial charge < -0.3 is 5.32 Å². The van der Waals surface area contributed by atoms with Gasteiger partial charge in [-0.3, -0.25) is 0 Å². The normalized spacial score (nSPS) is 16.8. The molecule has 1 nitrogen and oxygen atoms in total. The Morgan fingerprint density at radius 3 is 2.31 bits per heavy atom. The summed E-state index contributed by atoms with van der Waals surface area (Å²) in [7, 11) is 0. The molecule has 0 saturated heterocycles. The van der Waals surface area contributed by atoms with E-state index in [1.807, 2.05) is 6.92 Å². The molecule has 0 aromatic carbocycles. The van der Waals surface area contributed by atoms with E-state index in [0.717, 1.165) is 11.8 Å². The molecule has 0 heterocycles. The number of hydrogen-bond donors (Lipinski definition) is 1. The maximum atomic E-state index is 3.53. The molecule has 1 fully saturated rings. The molecule has 0 radical (unpaired) electrons. The maximum Gasteiger partial charge on any atom is -0.00258 e. The van der Waals surface area contributed by atoms with Crippen LogP contribution in [0.25, 0.3) is 0 Å². The lowest BCUT2D eigenvalue weighted by Gasteiger charge is -2.21. The van der Waals surface area contributed by atoms with Gasteiger partial charge in [-0.15, -0.1) is 6.58 Å². The quantitative estimate of drug-likeness (QED) is 0.540. The van der Waals surface area contributed by atoms with Crippen LogP contribution in [-0.4, -0.2) is 13.1 Å². The summed E-state index contributed by atoms with van der Waals surface area (Å²) in [5, 5.41) is 3.53. The summed E-state index contributed by atoms with van der Waals surface area (Å²) in [6.07, 6.45) is 10.6. The highest BCUT2D eigenvalue weighted by molar-refractivity contribution is 4.66. The molecular formula is C15H31N. The standard InChI is InChI=1S/C12H25N.C3H6/c1-11(2)10-13-9-8-12-6-4-3-5-7-12;1-3-2/h11-13H,3-10H2,1-2H3;3H,1H2,2H3. The third-order valence-corrected chi connectivity index (χ3v) is 3.01. The van der Waals surface area contributed by atoms with Gasteiger partial charge in [-0.2, -0.15) is 0 Å². The monoisotopic (exact) mass is 225 g/mol. The predicted octanol–water partition coefficient (Wildman–Crippen LogP) is 4.39. The maximum absolute atomic E-state index is 3.53. The van der Waals surface area contributed by atoms with Crippen LogP contribution in [0.4, 0.5) is 0 Å². The summed E-state index contributed by atoms with van der Waals surface area (Å²) in [5.41, 5.74) is 0. The Labute approximate surface area is 103 Å². The average Bonchev–Trinajstić information content (AvgIpc) is 2.27. The van der Waals surface area contributed by atoms with Crippen LogP contribution < -0.4 is 5.32 Å². The van der Waals surface area contributed by atoms with Gasteiger partial charge in [-0.05, 0) is 38.3 Å². The van der Waals surface area contributed by atoms with E-state index in [9.17, 15) is 0 Å². The fourth-order valence-electron chi connectivity index (χ4n) is 2.17. The Balaban J connectivity index is 0.000000673. The predicted molar refractivity (Wildman–Crippen MR) is 74.8 cm³/mol. The van der Waals surface area contributed by atoms with E-state index < -0.39 is 0 Å². The Kier molecular flexibility index (Phi) is 11.0. The Bertz CT molecular complexity index is 146. The van der Waals surface area contributed by atoms with Crippen molar-refractivity contribution in [2.75, 3.05) is 13.1 Å². The first-order valence-corrected chi connectivity index (χ1v) is 6.98. The van der Waals surface area contributed by atoms with E-state index in [1.54, 1.807) is 6.08 Å². The molecule has 0 amide bonds. The molecular weight excluding hydrogens is 194 g/mol. The minimum Gasteiger partial charge on any atom is -0.316 e. The molecule has 0 aromatic rings. The summed E-state index contributed by atoms with van der Waals surface area (Å²) < 4.78 is 0. The molecule has 0 atom stereocenters. The topological polar surface area (TPSA) is 12.0 Å². The SMILES string of the molecule is C=CC.CC(C)CNCCC1CCCCC1. The van der Waals surface area contributed by atoms with E-state index >= 15 is 0 Å². The fourth-order valence-corrected chi connectivity index (χ4v) is 2.17. The molecule has 1 aliphatic rings. The minimum atomic E-state index is 0.798. The van der Waals surface area contributed by atoms with Gasteiger partial charge in [-0.25, -0.2) is 0 Å². The molecule has 1 heteroatoms. The number of rotatable bonds is 5. The molecule has 0 spiro atoms. The van der Waals surface area contributed by atoms with Crippen molar-refractivity contribution in [1.82, 2.24) is 5.32 Å². The van der Waals surface area contributed by atoms with Crippen LogP contribution in [0.2, 0.25) is 0 Å². The first kappa shape index (κ1) is 15.7. The second-order valence-electron chi connectivity index (χ2n) is 5.30. The number of nitrogens with one attached hydrogen (secondary N) is 1. The van der Waals surface area contributed by atoms with E-state index in [4.69, 9.17) is 0 Å². The van der Waals surface area contributed by atoms with Crippen molar-refractivity contribution in [3.05, 3.63) is 12.7 Å². The summed E-state index contributed by atoms with van der Waals surface area (Å²) in [5.74, 6) is 1.83. The van der Waals surface area contributed by atoms with Crippen LogP contribution in [-0.2, 0) is 0 Å². The van der Waals surface area contributed by atoms with Crippen molar-refractivity contribution >= 4 is 0 Å². The molecule has 0 aliphatic heterocycles. The van der Waals surface area contributed by atoms with Gasteiger partial charge in [0, 0.05) is 0 Å². The van der Waals surface area contributed by atoms with Crippen molar-refractivity contribution < 1.29 is 0 Å². The van der Waals surface area contributed by atoms with E-state index in [-0.39, 0.29) is 0 Å². The van der Waals surface area contributed by atoms with Crippen LogP contribution in [0, 0.1) is 11.8 Å². The highest BCUT2D eigenvalue weighted by Gasteiger charge is 2.12. The lowest BCUT2D eigenvalue weighted by atomic mass is 9.87. The zero-order valence-electron chi connectivity index (χ0n) is 11.6. The summed E-state index contributed by atoms with van der Waals surface area (Å²) in [4.78, 5) is 0. The molecule has 1 aliphatic carbocycles. The third-order valence-electron chi connectivity index (χ3n) is 3.01. The van der Waals surface area contributed by atoms with Crippen molar-refractivity contribution in [2.24, 2.45) is 11.8 Å². The van der Waals surface area contributed by atoms with Gasteiger partial charge in [-0.1, -0.05) is 52.0 Å². The van der Waals surface area contributed by atoms with E-state index in [1.165, 1.54) is 51.6 Å². The highest BCUT2D eigenvalue weighted by atomic mass is 14.8. The molecule has 1 saturated carbocycles. The Morgan fingerprint density at radius 1 is 1.25 bits per heavy atom. The van der Waals surface area contributed by atoms with Crippen molar-refractivity contribution in [1.29, 1.82) is 0 Å². The average molecular weight is 225 g/mol. The Morgan fingerprint density at radius 2 is 1.81 bits per heavy atom. The van der Waals surface area contributed by atoms with Crippen molar-refractivity contribution in [3.63, 3.8) is 0 Å². The Hall–Kier alpha value is -0.300. The second-order valence-corrected chi connectivity index (χ2v) is 5.30. The molecule has 0 bridgehead atoms. The minimum absolute atomic E-state index is 0.798. The molecule has 16 heavy (non-hydrogen) atoms. The van der Waals surface area contributed by atoms with Crippen LogP contribution >= 0.6 is 0 Å². The molecule has 96 valence electrons. The van der Waals surface area contributed by atoms with Crippen LogP contribution in [0.15, 0.2) is 12.7 Å². The van der Waals surface area contributed by atoms with Gasteiger partial charge in [0.15, 0.2) is 0 Å². The highest BCUT2D eigenvalue weighted by Crippen LogP contribution is 2.25. The van der Waals surface area contributed by atoms with Crippen LogP contribution in [0.5, 0.6) is 0 Å². The first-order valence-electron chi connectivity index (χ1n) is 6.98. The molecule has 0 unspecified atom stereocenters. The summed E-state index contributed by atoms with van der Waals surface area (Å²) in [6.45, 7) is 12.2. The molecule has 0 aromatic heterocycles. The van der Waals surface area contributed by atoms with Crippen LogP contribution in [0.1, 0.15) is 59.3 Å². The lowest BCUT2D eigenvalue weighted by Crippen LogP contribution is -2.23. The zero-order valence-corrected chi connectivity index (χ0v) is 11.6. The van der Waals surface area contributed by atoms with E-state index in [2.05, 4.69) is 25.7 Å². The summed E-state index contributed by atoms with van der Waals surface area (Å²) >= 11 is 0. The molecule has 1 N–H and O–H groups in total. The number of hydrogen-bond acceptors (Lipinski definition) is 1. The molecule has 1 rings (SSSR count). The third kappa shape index (κ3) is 10.2. The van der Waals surface area contributed by atoms with Crippen molar-refractivity contribution in [2.45, 2.75) is 59.3 Å². The largest absolute Gasteiger partial charge is 0.316 e. The van der Waals surface area contributed by atoms with Gasteiger partial charge in [0.1, 0.15) is 0 Å². The van der Waals surface area contributed by atoms with Gasteiger partial charge in [0.2, 0.25) is 0 Å². The fraction of sp³-hybridized carbons (Fsp3) is 0.867. The van der Waals surface area contributed by atoms with Gasteiger partial charge >= 0.3 is 0 Å². The van der Waals surface area contributed by atoms with Gasteiger partial charge in [0.05, 0.1) is 0 Å². The van der Waals surface area contributed by atoms with Crippen LogP contribution in [0.3, 0.4) is 0 Å². The van der Waals surface area contributed by atoms with Gasteiger partial charge in [0.25, 0.3) is 0 Å². The smallest absolute Gasteiger partial charge is 0.00258 e. The summed E-state index contributed by atoms with van der Waals surface area (Å²) in [6, 6.07) is 0. The lowest BCUT2D eigenvalue weighted by molar-refractivity contribution is 0.332. The van der Waals surface area contributed by atoms with E-state index in [0.29, 0.717) is 0 Å². The first-order chi connectivity index (χ1) is 7.70. The number of allylic oxidation sites excluding steroid dienone is 1.